The molecule has 5 heteroatoms. The molecule has 27 heavy (non-hydrogen) atoms. The minimum Gasteiger partial charge on any atom is -0.449 e. The zero-order valence-corrected chi connectivity index (χ0v) is 14.7. The highest BCUT2D eigenvalue weighted by Gasteiger charge is 2.28. The number of amides is 1. The quantitative estimate of drug-likeness (QED) is 0.553. The lowest BCUT2D eigenvalue weighted by Gasteiger charge is -2.14. The smallest absolute Gasteiger partial charge is 0.407 e. The molecule has 1 aliphatic carbocycles. The number of fused-ring (bicyclic) bond motifs is 3. The number of carbonyl (C=O) groups excluding carboxylic acids is 1. The molecule has 0 unspecified atom stereocenters. The number of nitrogens with zero attached hydrogens (tertiary/aromatic N) is 1. The van der Waals surface area contributed by atoms with Gasteiger partial charge in [-0.15, -0.1) is 0 Å². The van der Waals surface area contributed by atoms with E-state index in [4.69, 9.17) is 4.74 Å². The van der Waals surface area contributed by atoms with Gasteiger partial charge in [0.2, 0.25) is 0 Å². The maximum atomic E-state index is 12.0. The van der Waals surface area contributed by atoms with Crippen LogP contribution in [0.5, 0.6) is 0 Å². The molecule has 5 nitrogen and oxygen atoms in total. The zero-order valence-electron chi connectivity index (χ0n) is 14.7. The Morgan fingerprint density at radius 2 is 1.81 bits per heavy atom. The van der Waals surface area contributed by atoms with E-state index >= 15 is 0 Å². The fourth-order valence-electron chi connectivity index (χ4n) is 3.36. The number of aromatic amines is 1. The third-order valence-electron chi connectivity index (χ3n) is 4.59. The molecule has 2 aromatic carbocycles. The summed E-state index contributed by atoms with van der Waals surface area (Å²) in [6.07, 6.45) is 3.52. The van der Waals surface area contributed by atoms with Gasteiger partial charge in [0.1, 0.15) is 6.61 Å². The molecule has 0 saturated heterocycles. The van der Waals surface area contributed by atoms with Crippen LogP contribution in [0.2, 0.25) is 0 Å². The number of nitrogens with one attached hydrogen (secondary N) is 2. The Balaban J connectivity index is 1.31. The van der Waals surface area contributed by atoms with Gasteiger partial charge in [0.25, 0.3) is 0 Å². The van der Waals surface area contributed by atoms with E-state index in [2.05, 4.69) is 51.6 Å². The highest BCUT2D eigenvalue weighted by atomic mass is 16.5. The Hall–Kier alpha value is -3.52. The summed E-state index contributed by atoms with van der Waals surface area (Å²) in [6.45, 7) is 0.766. The molecule has 134 valence electrons. The summed E-state index contributed by atoms with van der Waals surface area (Å²) in [5.74, 6) is 6.02. The maximum absolute atomic E-state index is 12.0. The average Bonchev–Trinajstić information content (AvgIpc) is 3.32. The molecular weight excluding hydrogens is 338 g/mol. The van der Waals surface area contributed by atoms with Gasteiger partial charge >= 0.3 is 6.09 Å². The van der Waals surface area contributed by atoms with Crippen molar-refractivity contribution in [3.63, 3.8) is 0 Å². The number of benzene rings is 2. The van der Waals surface area contributed by atoms with Gasteiger partial charge in [-0.3, -0.25) is 5.10 Å². The summed E-state index contributed by atoms with van der Waals surface area (Å²) >= 11 is 0. The second kappa shape index (κ2) is 7.79. The summed E-state index contributed by atoms with van der Waals surface area (Å²) in [5.41, 5.74) is 5.68. The van der Waals surface area contributed by atoms with Crippen molar-refractivity contribution in [2.45, 2.75) is 12.3 Å². The second-order valence-electron chi connectivity index (χ2n) is 6.29. The Labute approximate surface area is 157 Å². The first-order valence-electron chi connectivity index (χ1n) is 8.89. The predicted octanol–water partition coefficient (Wildman–Crippen LogP) is 3.69. The van der Waals surface area contributed by atoms with Gasteiger partial charge in [-0.2, -0.15) is 5.10 Å². The number of ether oxygens (including phenoxy) is 1. The molecular formula is C22H19N3O2. The summed E-state index contributed by atoms with van der Waals surface area (Å²) in [6, 6.07) is 16.6. The summed E-state index contributed by atoms with van der Waals surface area (Å²) in [4.78, 5) is 12.0. The Bertz CT molecular complexity index is 954. The molecule has 0 aliphatic heterocycles. The van der Waals surface area contributed by atoms with E-state index in [1.165, 1.54) is 22.3 Å². The molecule has 0 spiro atoms. The summed E-state index contributed by atoms with van der Waals surface area (Å²) in [7, 11) is 0. The van der Waals surface area contributed by atoms with Crippen LogP contribution in [-0.2, 0) is 4.74 Å². The molecule has 0 fully saturated rings. The first-order valence-corrected chi connectivity index (χ1v) is 8.89. The third kappa shape index (κ3) is 3.70. The molecule has 3 aromatic rings. The average molecular weight is 357 g/mol. The van der Waals surface area contributed by atoms with Crippen molar-refractivity contribution >= 4 is 6.09 Å². The molecule has 1 heterocycles. The SMILES string of the molecule is O=C(NCCC#Cc1cn[nH]c1)OCC1c2ccccc2-c2ccccc21. The van der Waals surface area contributed by atoms with E-state index in [1.54, 1.807) is 12.4 Å². The van der Waals surface area contributed by atoms with Gasteiger partial charge in [-0.25, -0.2) is 4.79 Å². The van der Waals surface area contributed by atoms with Crippen molar-refractivity contribution in [2.75, 3.05) is 13.2 Å². The van der Waals surface area contributed by atoms with Crippen LogP contribution in [0.15, 0.2) is 60.9 Å². The van der Waals surface area contributed by atoms with Crippen molar-refractivity contribution in [1.82, 2.24) is 15.5 Å². The number of rotatable bonds is 4. The van der Waals surface area contributed by atoms with Gasteiger partial charge < -0.3 is 10.1 Å². The Morgan fingerprint density at radius 1 is 1.11 bits per heavy atom. The molecule has 0 bridgehead atoms. The molecule has 1 aliphatic rings. The van der Waals surface area contributed by atoms with Crippen LogP contribution in [0.25, 0.3) is 11.1 Å². The first-order chi connectivity index (χ1) is 13.3. The third-order valence-corrected chi connectivity index (χ3v) is 4.59. The molecule has 0 atom stereocenters. The van der Waals surface area contributed by atoms with Crippen molar-refractivity contribution in [1.29, 1.82) is 0 Å². The maximum Gasteiger partial charge on any atom is 0.407 e. The number of hydrogen-bond donors (Lipinski definition) is 2. The fourth-order valence-corrected chi connectivity index (χ4v) is 3.36. The number of hydrogen-bond acceptors (Lipinski definition) is 3. The van der Waals surface area contributed by atoms with Gasteiger partial charge in [0.05, 0.1) is 11.8 Å². The standard InChI is InChI=1S/C22H19N3O2/c26-22(23-12-6-5-7-16-13-24-25-14-16)27-15-21-19-10-3-1-8-17(19)18-9-2-4-11-20(18)21/h1-4,8-11,13-14,21H,6,12,15H2,(H,23,26)(H,24,25). The molecule has 2 N–H and O–H groups in total. The topological polar surface area (TPSA) is 67.0 Å². The van der Waals surface area contributed by atoms with Crippen LogP contribution >= 0.6 is 0 Å². The molecule has 0 radical (unpaired) electrons. The minimum absolute atomic E-state index is 0.0732. The summed E-state index contributed by atoms with van der Waals surface area (Å²) in [5, 5.41) is 9.28. The summed E-state index contributed by atoms with van der Waals surface area (Å²) < 4.78 is 5.48. The lowest BCUT2D eigenvalue weighted by Crippen LogP contribution is -2.26. The minimum atomic E-state index is -0.415. The van der Waals surface area contributed by atoms with E-state index in [0.717, 1.165) is 5.56 Å². The van der Waals surface area contributed by atoms with Crippen LogP contribution in [0, 0.1) is 11.8 Å². The van der Waals surface area contributed by atoms with Crippen LogP contribution in [0.4, 0.5) is 4.79 Å². The van der Waals surface area contributed by atoms with Crippen molar-refractivity contribution in [2.24, 2.45) is 0 Å². The van der Waals surface area contributed by atoms with Crippen molar-refractivity contribution < 1.29 is 9.53 Å². The van der Waals surface area contributed by atoms with Gasteiger partial charge in [0.15, 0.2) is 0 Å². The molecule has 4 rings (SSSR count). The fraction of sp³-hybridized carbons (Fsp3) is 0.182. The van der Waals surface area contributed by atoms with Gasteiger partial charge in [-0.05, 0) is 22.3 Å². The van der Waals surface area contributed by atoms with Gasteiger partial charge in [0, 0.05) is 25.1 Å². The van der Waals surface area contributed by atoms with E-state index < -0.39 is 6.09 Å². The van der Waals surface area contributed by atoms with E-state index in [-0.39, 0.29) is 5.92 Å². The number of alkyl carbamates (subject to hydrolysis) is 1. The van der Waals surface area contributed by atoms with Crippen LogP contribution in [-0.4, -0.2) is 29.4 Å². The molecule has 1 amide bonds. The van der Waals surface area contributed by atoms with E-state index in [1.807, 2.05) is 24.3 Å². The van der Waals surface area contributed by atoms with E-state index in [9.17, 15) is 4.79 Å². The largest absolute Gasteiger partial charge is 0.449 e. The Kier molecular flexibility index (Phi) is 4.88. The van der Waals surface area contributed by atoms with Crippen molar-refractivity contribution in [3.8, 4) is 23.0 Å². The number of aromatic nitrogens is 2. The van der Waals surface area contributed by atoms with Crippen molar-refractivity contribution in [3.05, 3.63) is 77.6 Å². The van der Waals surface area contributed by atoms with Crippen LogP contribution in [0.3, 0.4) is 0 Å². The normalized spacial score (nSPS) is 11.9. The van der Waals surface area contributed by atoms with E-state index in [0.29, 0.717) is 19.6 Å². The van der Waals surface area contributed by atoms with Gasteiger partial charge in [-0.1, -0.05) is 60.4 Å². The lowest BCUT2D eigenvalue weighted by atomic mass is 9.98. The van der Waals surface area contributed by atoms with Crippen LogP contribution in [0.1, 0.15) is 29.0 Å². The zero-order chi connectivity index (χ0) is 18.5. The predicted molar refractivity (Wildman–Crippen MR) is 103 cm³/mol. The highest BCUT2D eigenvalue weighted by Crippen LogP contribution is 2.44. The monoisotopic (exact) mass is 357 g/mol. The van der Waals surface area contributed by atoms with Crippen LogP contribution < -0.4 is 5.32 Å². The molecule has 1 aromatic heterocycles. The lowest BCUT2D eigenvalue weighted by molar-refractivity contribution is 0.143. The highest BCUT2D eigenvalue weighted by molar-refractivity contribution is 5.79. The second-order valence-corrected chi connectivity index (χ2v) is 6.29. The molecule has 0 saturated carbocycles. The first kappa shape index (κ1) is 16.9. The number of carbonyl (C=O) groups is 1. The Morgan fingerprint density at radius 3 is 2.48 bits per heavy atom. The number of H-pyrrole nitrogens is 1.